The first-order valence-corrected chi connectivity index (χ1v) is 8.33. The number of aromatic nitrogens is 4. The molecule has 0 bridgehead atoms. The molecule has 0 aliphatic carbocycles. The van der Waals surface area contributed by atoms with E-state index in [2.05, 4.69) is 9.97 Å². The number of carbonyl (C=O) groups excluding carboxylic acids is 1. The van der Waals surface area contributed by atoms with Crippen LogP contribution in [0.1, 0.15) is 51.8 Å². The molecule has 0 aromatic carbocycles. The summed E-state index contributed by atoms with van der Waals surface area (Å²) in [4.78, 5) is 42.5. The first-order chi connectivity index (χ1) is 11.5. The Labute approximate surface area is 139 Å². The van der Waals surface area contributed by atoms with Crippen LogP contribution in [0.5, 0.6) is 0 Å². The minimum absolute atomic E-state index is 0.0187. The molecule has 0 radical (unpaired) electrons. The molecule has 0 aliphatic heterocycles. The van der Waals surface area contributed by atoms with Crippen LogP contribution in [0.15, 0.2) is 9.59 Å². The quantitative estimate of drug-likeness (QED) is 0.736. The molecule has 8 nitrogen and oxygen atoms in total. The number of nitrogens with zero attached hydrogens (tertiary/aromatic N) is 3. The monoisotopic (exact) mass is 336 g/mol. The predicted octanol–water partition coefficient (Wildman–Crippen LogP) is 1.46. The summed E-state index contributed by atoms with van der Waals surface area (Å²) in [5, 5.41) is 0. The summed E-state index contributed by atoms with van der Waals surface area (Å²) < 4.78 is 8.24. The number of hydrogen-bond acceptors (Lipinski definition) is 5. The van der Waals surface area contributed by atoms with Crippen LogP contribution in [0.3, 0.4) is 0 Å². The molecule has 8 heteroatoms. The topological polar surface area (TPSA) is 99.0 Å². The maximum absolute atomic E-state index is 12.1. The van der Waals surface area contributed by atoms with Gasteiger partial charge in [0.05, 0.1) is 0 Å². The number of nitrogens with one attached hydrogen (secondary N) is 1. The maximum Gasteiger partial charge on any atom is 0.330 e. The number of imidazole rings is 1. The van der Waals surface area contributed by atoms with Crippen molar-refractivity contribution in [3.05, 3.63) is 26.7 Å². The number of esters is 1. The molecule has 0 spiro atoms. The second-order valence-electron chi connectivity index (χ2n) is 5.79. The Morgan fingerprint density at radius 2 is 1.92 bits per heavy atom. The van der Waals surface area contributed by atoms with Crippen LogP contribution in [0.4, 0.5) is 0 Å². The van der Waals surface area contributed by atoms with E-state index in [-0.39, 0.29) is 12.6 Å². The Hall–Kier alpha value is -2.38. The minimum Gasteiger partial charge on any atom is -0.458 e. The highest BCUT2D eigenvalue weighted by Crippen LogP contribution is 2.11. The van der Waals surface area contributed by atoms with E-state index >= 15 is 0 Å². The van der Waals surface area contributed by atoms with E-state index in [4.69, 9.17) is 4.74 Å². The Bertz CT molecular complexity index is 831. The zero-order valence-corrected chi connectivity index (χ0v) is 14.4. The van der Waals surface area contributed by atoms with Crippen molar-refractivity contribution < 1.29 is 9.53 Å². The molecule has 24 heavy (non-hydrogen) atoms. The summed E-state index contributed by atoms with van der Waals surface area (Å²) in [7, 11) is 1.68. The van der Waals surface area contributed by atoms with E-state index in [0.29, 0.717) is 30.0 Å². The number of rotatable bonds is 8. The third-order valence-electron chi connectivity index (χ3n) is 3.94. The lowest BCUT2D eigenvalue weighted by atomic mass is 10.2. The molecule has 1 N–H and O–H groups in total. The van der Waals surface area contributed by atoms with Gasteiger partial charge in [-0.15, -0.1) is 0 Å². The zero-order chi connectivity index (χ0) is 17.7. The third-order valence-corrected chi connectivity index (χ3v) is 3.94. The van der Waals surface area contributed by atoms with Crippen LogP contribution in [0.25, 0.3) is 11.2 Å². The number of fused-ring (bicyclic) bond motifs is 1. The standard InChI is InChI=1S/C16H24N4O4/c1-4-6-8-12(21)24-10-11-17-14-13(19(11)3)15(22)18-16(23)20(14)9-7-5-2/h4-10H2,1-3H3,(H,18,22,23). The maximum atomic E-state index is 12.1. The molecule has 2 aromatic rings. The van der Waals surface area contributed by atoms with Gasteiger partial charge in [0.25, 0.3) is 5.56 Å². The highest BCUT2D eigenvalue weighted by molar-refractivity contribution is 5.71. The zero-order valence-electron chi connectivity index (χ0n) is 14.4. The Kier molecular flexibility index (Phi) is 5.94. The van der Waals surface area contributed by atoms with Crippen LogP contribution >= 0.6 is 0 Å². The summed E-state index contributed by atoms with van der Waals surface area (Å²) in [6.07, 6.45) is 3.78. The lowest BCUT2D eigenvalue weighted by Crippen LogP contribution is -2.31. The van der Waals surface area contributed by atoms with Crippen LogP contribution in [-0.4, -0.2) is 25.1 Å². The second kappa shape index (κ2) is 7.94. The number of aryl methyl sites for hydroxylation is 2. The molecule has 2 heterocycles. The average molecular weight is 336 g/mol. The molecule has 132 valence electrons. The molecule has 2 rings (SSSR count). The fourth-order valence-corrected chi connectivity index (χ4v) is 2.48. The van der Waals surface area contributed by atoms with Crippen molar-refractivity contribution in [3.63, 3.8) is 0 Å². The van der Waals surface area contributed by atoms with Gasteiger partial charge in [-0.25, -0.2) is 9.78 Å². The van der Waals surface area contributed by atoms with Crippen molar-refractivity contribution in [1.82, 2.24) is 19.1 Å². The highest BCUT2D eigenvalue weighted by Gasteiger charge is 2.17. The van der Waals surface area contributed by atoms with Crippen molar-refractivity contribution >= 4 is 17.1 Å². The van der Waals surface area contributed by atoms with Gasteiger partial charge in [-0.3, -0.25) is 19.1 Å². The average Bonchev–Trinajstić information content (AvgIpc) is 2.88. The van der Waals surface area contributed by atoms with Crippen LogP contribution in [0, 0.1) is 0 Å². The van der Waals surface area contributed by atoms with E-state index in [0.717, 1.165) is 25.7 Å². The van der Waals surface area contributed by atoms with Gasteiger partial charge >= 0.3 is 11.7 Å². The molecule has 0 saturated heterocycles. The van der Waals surface area contributed by atoms with Gasteiger partial charge in [0, 0.05) is 20.0 Å². The Balaban J connectivity index is 2.34. The summed E-state index contributed by atoms with van der Waals surface area (Å²) in [5.41, 5.74) is -0.309. The molecule has 0 amide bonds. The lowest BCUT2D eigenvalue weighted by Gasteiger charge is -2.05. The summed E-state index contributed by atoms with van der Waals surface area (Å²) in [5.74, 6) is 0.150. The normalized spacial score (nSPS) is 11.1. The molecule has 0 atom stereocenters. The van der Waals surface area contributed by atoms with Crippen molar-refractivity contribution in [2.75, 3.05) is 0 Å². The van der Waals surface area contributed by atoms with Crippen molar-refractivity contribution in [2.45, 2.75) is 59.1 Å². The molecule has 0 unspecified atom stereocenters. The first kappa shape index (κ1) is 18.0. The van der Waals surface area contributed by atoms with Crippen LogP contribution in [0.2, 0.25) is 0 Å². The fourth-order valence-electron chi connectivity index (χ4n) is 2.48. The van der Waals surface area contributed by atoms with Crippen LogP contribution in [-0.2, 0) is 29.7 Å². The predicted molar refractivity (Wildman–Crippen MR) is 89.8 cm³/mol. The second-order valence-corrected chi connectivity index (χ2v) is 5.79. The SMILES string of the molecule is CCCCC(=O)OCc1nc2c(c(=O)[nH]c(=O)n2CCCC)n1C. The summed E-state index contributed by atoms with van der Waals surface area (Å²) in [6.45, 7) is 4.48. The molecule has 0 saturated carbocycles. The van der Waals surface area contributed by atoms with Gasteiger partial charge in [0.1, 0.15) is 12.4 Å². The van der Waals surface area contributed by atoms with E-state index in [9.17, 15) is 14.4 Å². The van der Waals surface area contributed by atoms with Gasteiger partial charge in [0.2, 0.25) is 0 Å². The van der Waals surface area contributed by atoms with Crippen LogP contribution < -0.4 is 11.2 Å². The van der Waals surface area contributed by atoms with Gasteiger partial charge < -0.3 is 9.30 Å². The number of aromatic amines is 1. The number of carbonyl (C=O) groups is 1. The Morgan fingerprint density at radius 1 is 1.21 bits per heavy atom. The lowest BCUT2D eigenvalue weighted by molar-refractivity contribution is -0.145. The van der Waals surface area contributed by atoms with E-state index in [1.54, 1.807) is 11.6 Å². The third kappa shape index (κ3) is 3.74. The smallest absolute Gasteiger partial charge is 0.330 e. The van der Waals surface area contributed by atoms with Crippen molar-refractivity contribution in [2.24, 2.45) is 7.05 Å². The number of H-pyrrole nitrogens is 1. The molecule has 0 fully saturated rings. The fraction of sp³-hybridized carbons (Fsp3) is 0.625. The van der Waals surface area contributed by atoms with E-state index in [1.807, 2.05) is 13.8 Å². The molecular weight excluding hydrogens is 312 g/mol. The Morgan fingerprint density at radius 3 is 2.58 bits per heavy atom. The van der Waals surface area contributed by atoms with E-state index < -0.39 is 11.2 Å². The number of hydrogen-bond donors (Lipinski definition) is 1. The van der Waals surface area contributed by atoms with Gasteiger partial charge in [-0.2, -0.15) is 0 Å². The number of ether oxygens (including phenoxy) is 1. The first-order valence-electron chi connectivity index (χ1n) is 8.33. The van der Waals surface area contributed by atoms with Crippen molar-refractivity contribution in [3.8, 4) is 0 Å². The molecule has 2 aromatic heterocycles. The molecular formula is C16H24N4O4. The van der Waals surface area contributed by atoms with Gasteiger partial charge in [-0.1, -0.05) is 26.7 Å². The molecule has 0 aliphatic rings. The van der Waals surface area contributed by atoms with Gasteiger partial charge in [-0.05, 0) is 12.8 Å². The highest BCUT2D eigenvalue weighted by atomic mass is 16.5. The minimum atomic E-state index is -0.485. The largest absolute Gasteiger partial charge is 0.458 e. The number of unbranched alkanes of at least 4 members (excludes halogenated alkanes) is 2. The summed E-state index contributed by atoms with van der Waals surface area (Å²) in [6, 6.07) is 0. The van der Waals surface area contributed by atoms with E-state index in [1.165, 1.54) is 4.57 Å². The van der Waals surface area contributed by atoms with Crippen molar-refractivity contribution in [1.29, 1.82) is 0 Å². The van der Waals surface area contributed by atoms with Gasteiger partial charge in [0.15, 0.2) is 11.2 Å². The summed E-state index contributed by atoms with van der Waals surface area (Å²) >= 11 is 0.